The van der Waals surface area contributed by atoms with Gasteiger partial charge in [-0.05, 0) is 39.7 Å². The number of hydrogen-bond acceptors (Lipinski definition) is 2. The second-order valence-electron chi connectivity index (χ2n) is 4.32. The van der Waals surface area contributed by atoms with Gasteiger partial charge in [-0.15, -0.1) is 0 Å². The lowest BCUT2D eigenvalue weighted by atomic mass is 10.1. The van der Waals surface area contributed by atoms with E-state index >= 15 is 0 Å². The summed E-state index contributed by atoms with van der Waals surface area (Å²) in [5.41, 5.74) is 0.118. The summed E-state index contributed by atoms with van der Waals surface area (Å²) in [5.74, 6) is -3.68. The first kappa shape index (κ1) is 15.8. The highest BCUT2D eigenvalue weighted by molar-refractivity contribution is 9.10. The van der Waals surface area contributed by atoms with E-state index in [0.717, 1.165) is 12.1 Å². The van der Waals surface area contributed by atoms with Crippen LogP contribution < -0.4 is 5.32 Å². The lowest BCUT2D eigenvalue weighted by molar-refractivity contribution is 0.191. The fraction of sp³-hybridized carbons (Fsp3) is 0.143. The Labute approximate surface area is 126 Å². The zero-order valence-corrected chi connectivity index (χ0v) is 12.1. The standard InChI is InChI=1S/C14H10BrF4NO/c15-8-4-13(12(19)5-10(8)17)20-6-14(21)7-1-2-9(16)11(18)3-7/h1-5,14,20-21H,6H2. The van der Waals surface area contributed by atoms with E-state index in [1.165, 1.54) is 12.1 Å². The number of hydrogen-bond donors (Lipinski definition) is 2. The molecule has 2 nitrogen and oxygen atoms in total. The van der Waals surface area contributed by atoms with E-state index in [-0.39, 0.29) is 22.3 Å². The summed E-state index contributed by atoms with van der Waals surface area (Å²) in [7, 11) is 0. The highest BCUT2D eigenvalue weighted by Gasteiger charge is 2.13. The molecule has 2 rings (SSSR count). The second-order valence-corrected chi connectivity index (χ2v) is 5.17. The molecule has 0 aliphatic carbocycles. The lowest BCUT2D eigenvalue weighted by Crippen LogP contribution is -2.13. The molecule has 0 aliphatic rings. The quantitative estimate of drug-likeness (QED) is 0.631. The maximum Gasteiger partial charge on any atom is 0.159 e. The van der Waals surface area contributed by atoms with Crippen LogP contribution in [0.2, 0.25) is 0 Å². The lowest BCUT2D eigenvalue weighted by Gasteiger charge is -2.14. The highest BCUT2D eigenvalue weighted by atomic mass is 79.9. The number of nitrogens with one attached hydrogen (secondary N) is 1. The zero-order valence-electron chi connectivity index (χ0n) is 10.5. The number of anilines is 1. The van der Waals surface area contributed by atoms with Crippen molar-refractivity contribution >= 4 is 21.6 Å². The average molecular weight is 364 g/mol. The van der Waals surface area contributed by atoms with E-state index in [1.54, 1.807) is 0 Å². The molecule has 2 aromatic carbocycles. The molecule has 0 amide bonds. The van der Waals surface area contributed by atoms with Crippen molar-refractivity contribution in [1.29, 1.82) is 0 Å². The van der Waals surface area contributed by atoms with Gasteiger partial charge in [0, 0.05) is 12.6 Å². The summed E-state index contributed by atoms with van der Waals surface area (Å²) < 4.78 is 52.4. The van der Waals surface area contributed by atoms with Crippen LogP contribution >= 0.6 is 15.9 Å². The van der Waals surface area contributed by atoms with Crippen LogP contribution in [0.4, 0.5) is 23.2 Å². The molecule has 1 atom stereocenters. The minimum absolute atomic E-state index is 0.0232. The van der Waals surface area contributed by atoms with Crippen molar-refractivity contribution < 1.29 is 22.7 Å². The Morgan fingerprint density at radius 3 is 2.33 bits per heavy atom. The SMILES string of the molecule is OC(CNc1cc(Br)c(F)cc1F)c1ccc(F)c(F)c1. The number of aliphatic hydroxyl groups excluding tert-OH is 1. The molecule has 0 saturated heterocycles. The molecule has 2 aromatic rings. The number of halogens is 5. The van der Waals surface area contributed by atoms with Gasteiger partial charge in [-0.25, -0.2) is 17.6 Å². The van der Waals surface area contributed by atoms with Gasteiger partial charge in [0.25, 0.3) is 0 Å². The predicted molar refractivity (Wildman–Crippen MR) is 73.9 cm³/mol. The Kier molecular flexibility index (Phi) is 4.84. The third-order valence-corrected chi connectivity index (χ3v) is 3.43. The molecule has 0 aliphatic heterocycles. The molecule has 0 radical (unpaired) electrons. The molecular formula is C14H10BrF4NO. The second kappa shape index (κ2) is 6.44. The molecule has 21 heavy (non-hydrogen) atoms. The first-order valence-corrected chi connectivity index (χ1v) is 6.69. The fourth-order valence-electron chi connectivity index (χ4n) is 1.70. The zero-order chi connectivity index (χ0) is 15.6. The summed E-state index contributed by atoms with van der Waals surface area (Å²) in [6, 6.07) is 4.85. The Hall–Kier alpha value is -1.60. The molecular weight excluding hydrogens is 354 g/mol. The van der Waals surface area contributed by atoms with Crippen LogP contribution in [-0.2, 0) is 0 Å². The first-order chi connectivity index (χ1) is 9.88. The topological polar surface area (TPSA) is 32.3 Å². The van der Waals surface area contributed by atoms with Crippen LogP contribution in [0.3, 0.4) is 0 Å². The van der Waals surface area contributed by atoms with E-state index in [2.05, 4.69) is 21.2 Å². The molecule has 0 spiro atoms. The maximum absolute atomic E-state index is 13.5. The van der Waals surface area contributed by atoms with Gasteiger partial charge in [-0.2, -0.15) is 0 Å². The van der Waals surface area contributed by atoms with Gasteiger partial charge in [0.1, 0.15) is 11.6 Å². The molecule has 112 valence electrons. The minimum Gasteiger partial charge on any atom is -0.387 e. The van der Waals surface area contributed by atoms with Gasteiger partial charge < -0.3 is 10.4 Å². The summed E-state index contributed by atoms with van der Waals surface area (Å²) >= 11 is 2.91. The molecule has 0 saturated carbocycles. The molecule has 0 bridgehead atoms. The van der Waals surface area contributed by atoms with Gasteiger partial charge in [0.05, 0.1) is 16.3 Å². The molecule has 0 fully saturated rings. The smallest absolute Gasteiger partial charge is 0.159 e. The maximum atomic E-state index is 13.5. The van der Waals surface area contributed by atoms with Crippen molar-refractivity contribution in [3.05, 3.63) is 63.6 Å². The summed E-state index contributed by atoms with van der Waals surface area (Å²) in [4.78, 5) is 0. The van der Waals surface area contributed by atoms with Gasteiger partial charge in [0.15, 0.2) is 11.6 Å². The van der Waals surface area contributed by atoms with Gasteiger partial charge in [-0.1, -0.05) is 6.07 Å². The minimum atomic E-state index is -1.18. The molecule has 2 N–H and O–H groups in total. The van der Waals surface area contributed by atoms with Crippen LogP contribution in [0.15, 0.2) is 34.8 Å². The molecule has 0 aromatic heterocycles. The summed E-state index contributed by atoms with van der Waals surface area (Å²) in [6.07, 6.45) is -1.18. The highest BCUT2D eigenvalue weighted by Crippen LogP contribution is 2.24. The molecule has 7 heteroatoms. The number of benzene rings is 2. The molecule has 0 heterocycles. The Morgan fingerprint density at radius 1 is 0.952 bits per heavy atom. The normalized spacial score (nSPS) is 12.3. The van der Waals surface area contributed by atoms with Crippen molar-refractivity contribution in [2.45, 2.75) is 6.10 Å². The third-order valence-electron chi connectivity index (χ3n) is 2.82. The number of aliphatic hydroxyl groups is 1. The predicted octanol–water partition coefficient (Wildman–Crippen LogP) is 4.15. The van der Waals surface area contributed by atoms with E-state index in [1.807, 2.05) is 0 Å². The van der Waals surface area contributed by atoms with Crippen LogP contribution in [0.5, 0.6) is 0 Å². The van der Waals surface area contributed by atoms with Crippen molar-refractivity contribution in [2.75, 3.05) is 11.9 Å². The largest absolute Gasteiger partial charge is 0.387 e. The third kappa shape index (κ3) is 3.74. The Morgan fingerprint density at radius 2 is 1.67 bits per heavy atom. The number of rotatable bonds is 4. The Balaban J connectivity index is 2.08. The van der Waals surface area contributed by atoms with Crippen LogP contribution in [0.1, 0.15) is 11.7 Å². The molecule has 1 unspecified atom stereocenters. The van der Waals surface area contributed by atoms with Crippen LogP contribution in [-0.4, -0.2) is 11.7 Å². The van der Waals surface area contributed by atoms with Crippen molar-refractivity contribution in [2.24, 2.45) is 0 Å². The van der Waals surface area contributed by atoms with E-state index in [9.17, 15) is 22.7 Å². The van der Waals surface area contributed by atoms with Gasteiger partial charge in [-0.3, -0.25) is 0 Å². The van der Waals surface area contributed by atoms with Gasteiger partial charge >= 0.3 is 0 Å². The first-order valence-electron chi connectivity index (χ1n) is 5.90. The van der Waals surface area contributed by atoms with E-state index in [0.29, 0.717) is 6.07 Å². The van der Waals surface area contributed by atoms with Crippen LogP contribution in [0, 0.1) is 23.3 Å². The Bertz CT molecular complexity index is 666. The van der Waals surface area contributed by atoms with Gasteiger partial charge in [0.2, 0.25) is 0 Å². The van der Waals surface area contributed by atoms with Crippen molar-refractivity contribution in [3.63, 3.8) is 0 Å². The van der Waals surface area contributed by atoms with E-state index < -0.39 is 29.4 Å². The van der Waals surface area contributed by atoms with Crippen molar-refractivity contribution in [3.8, 4) is 0 Å². The van der Waals surface area contributed by atoms with E-state index in [4.69, 9.17) is 0 Å². The summed E-state index contributed by atoms with van der Waals surface area (Å²) in [5, 5.41) is 12.4. The summed E-state index contributed by atoms with van der Waals surface area (Å²) in [6.45, 7) is -0.153. The average Bonchev–Trinajstić information content (AvgIpc) is 2.44. The monoisotopic (exact) mass is 363 g/mol. The fourth-order valence-corrected chi connectivity index (χ4v) is 2.05. The van der Waals surface area contributed by atoms with Crippen LogP contribution in [0.25, 0.3) is 0 Å². The van der Waals surface area contributed by atoms with Crippen molar-refractivity contribution in [1.82, 2.24) is 0 Å².